The number of furan rings is 1. The van der Waals surface area contributed by atoms with Crippen molar-refractivity contribution in [2.24, 2.45) is 7.05 Å². The lowest BCUT2D eigenvalue weighted by Gasteiger charge is -2.04. The van der Waals surface area contributed by atoms with Gasteiger partial charge < -0.3 is 9.73 Å². The number of nitrogens with zero attached hydrogens (tertiary/aromatic N) is 3. The number of aromatic nitrogens is 4. The summed E-state index contributed by atoms with van der Waals surface area (Å²) in [5.41, 5.74) is 2.16. The van der Waals surface area contributed by atoms with Crippen LogP contribution < -0.4 is 5.32 Å². The molecule has 0 unspecified atom stereocenters. The number of H-pyrrole nitrogens is 1. The molecule has 0 saturated heterocycles. The van der Waals surface area contributed by atoms with Crippen LogP contribution in [0.25, 0.3) is 22.5 Å². The van der Waals surface area contributed by atoms with Crippen LogP contribution in [-0.4, -0.2) is 25.9 Å². The molecule has 4 aromatic rings. The highest BCUT2D eigenvalue weighted by Crippen LogP contribution is 2.27. The molecule has 7 nitrogen and oxygen atoms in total. The average Bonchev–Trinajstić information content (AvgIpc) is 3.35. The van der Waals surface area contributed by atoms with Crippen molar-refractivity contribution in [1.82, 2.24) is 20.0 Å². The summed E-state index contributed by atoms with van der Waals surface area (Å²) in [6.45, 7) is 0. The van der Waals surface area contributed by atoms with Gasteiger partial charge in [-0.2, -0.15) is 10.2 Å². The Morgan fingerprint density at radius 2 is 1.96 bits per heavy atom. The van der Waals surface area contributed by atoms with Crippen LogP contribution in [0.1, 0.15) is 10.6 Å². The highest BCUT2D eigenvalue weighted by molar-refractivity contribution is 6.04. The van der Waals surface area contributed by atoms with Gasteiger partial charge in [-0.15, -0.1) is 0 Å². The predicted molar refractivity (Wildman–Crippen MR) is 92.8 cm³/mol. The van der Waals surface area contributed by atoms with E-state index in [2.05, 4.69) is 20.6 Å². The van der Waals surface area contributed by atoms with Gasteiger partial charge in [0.2, 0.25) is 0 Å². The number of aryl methyl sites for hydroxylation is 1. The Hall–Kier alpha value is -3.68. The fraction of sp³-hybridized carbons (Fsp3) is 0.0556. The van der Waals surface area contributed by atoms with Crippen LogP contribution >= 0.6 is 0 Å². The Morgan fingerprint density at radius 3 is 2.69 bits per heavy atom. The van der Waals surface area contributed by atoms with E-state index >= 15 is 0 Å². The molecule has 0 aliphatic carbocycles. The molecule has 0 aliphatic heterocycles. The minimum Gasteiger partial charge on any atom is -0.451 e. The molecule has 0 atom stereocenters. The second-order valence-electron chi connectivity index (χ2n) is 5.69. The average molecular weight is 351 g/mol. The van der Waals surface area contributed by atoms with Gasteiger partial charge in [-0.25, -0.2) is 4.39 Å². The fourth-order valence-electron chi connectivity index (χ4n) is 2.57. The molecular formula is C18H14FN5O2. The Bertz CT molecular complexity index is 1060. The Balaban J connectivity index is 1.55. The standard InChI is InChI=1S/C18H14FN5O2/c1-24-10-12(8-21-24)15-6-7-16(26-15)18(25)22-17-14(9-20-23-17)11-2-4-13(19)5-3-11/h2-10H,1H3,(H2,20,22,23,25). The highest BCUT2D eigenvalue weighted by atomic mass is 19.1. The Kier molecular flexibility index (Phi) is 3.85. The molecule has 8 heteroatoms. The van der Waals surface area contributed by atoms with Gasteiger partial charge in [-0.05, 0) is 29.8 Å². The number of benzene rings is 1. The molecule has 0 fully saturated rings. The maximum absolute atomic E-state index is 13.1. The molecule has 0 radical (unpaired) electrons. The summed E-state index contributed by atoms with van der Waals surface area (Å²) in [7, 11) is 1.80. The van der Waals surface area contributed by atoms with Crippen LogP contribution in [0.3, 0.4) is 0 Å². The third kappa shape index (κ3) is 3.00. The zero-order valence-corrected chi connectivity index (χ0v) is 13.7. The van der Waals surface area contributed by atoms with Crippen molar-refractivity contribution in [3.8, 4) is 22.5 Å². The van der Waals surface area contributed by atoms with Crippen molar-refractivity contribution in [3.05, 3.63) is 66.6 Å². The quantitative estimate of drug-likeness (QED) is 0.589. The van der Waals surface area contributed by atoms with Crippen LogP contribution in [0.5, 0.6) is 0 Å². The third-order valence-corrected chi connectivity index (χ3v) is 3.85. The molecule has 130 valence electrons. The monoisotopic (exact) mass is 351 g/mol. The van der Waals surface area contributed by atoms with Crippen LogP contribution in [0, 0.1) is 5.82 Å². The van der Waals surface area contributed by atoms with Crippen molar-refractivity contribution in [1.29, 1.82) is 0 Å². The van der Waals surface area contributed by atoms with E-state index in [9.17, 15) is 9.18 Å². The van der Waals surface area contributed by atoms with Gasteiger partial charge in [0.15, 0.2) is 5.76 Å². The molecule has 4 rings (SSSR count). The molecule has 0 bridgehead atoms. The second kappa shape index (κ2) is 6.32. The van der Waals surface area contributed by atoms with E-state index in [1.165, 1.54) is 12.1 Å². The molecule has 1 aromatic carbocycles. The lowest BCUT2D eigenvalue weighted by Crippen LogP contribution is -2.11. The number of halogens is 1. The first-order valence-corrected chi connectivity index (χ1v) is 7.79. The molecule has 0 aliphatic rings. The van der Waals surface area contributed by atoms with Crippen molar-refractivity contribution in [2.45, 2.75) is 0 Å². The predicted octanol–water partition coefficient (Wildman–Crippen LogP) is 3.46. The zero-order chi connectivity index (χ0) is 18.1. The molecule has 26 heavy (non-hydrogen) atoms. The largest absolute Gasteiger partial charge is 0.451 e. The summed E-state index contributed by atoms with van der Waals surface area (Å²) < 4.78 is 20.3. The SMILES string of the molecule is Cn1cc(-c2ccc(C(=O)Nc3[nH]ncc3-c3ccc(F)cc3)o2)cn1. The minimum atomic E-state index is -0.423. The minimum absolute atomic E-state index is 0.156. The number of carbonyl (C=O) groups is 1. The summed E-state index contributed by atoms with van der Waals surface area (Å²) in [5, 5.41) is 13.5. The molecule has 3 heterocycles. The number of amides is 1. The smallest absolute Gasteiger partial charge is 0.292 e. The van der Waals surface area contributed by atoms with Crippen LogP contribution in [-0.2, 0) is 7.05 Å². The van der Waals surface area contributed by atoms with Gasteiger partial charge in [-0.3, -0.25) is 14.6 Å². The number of anilines is 1. The number of hydrogen-bond donors (Lipinski definition) is 2. The van der Waals surface area contributed by atoms with E-state index < -0.39 is 5.91 Å². The zero-order valence-electron chi connectivity index (χ0n) is 13.7. The molecule has 0 saturated carbocycles. The van der Waals surface area contributed by atoms with Crippen LogP contribution in [0.15, 0.2) is 59.4 Å². The topological polar surface area (TPSA) is 88.7 Å². The van der Waals surface area contributed by atoms with Crippen LogP contribution in [0.2, 0.25) is 0 Å². The maximum Gasteiger partial charge on any atom is 0.292 e. The second-order valence-corrected chi connectivity index (χ2v) is 5.69. The van der Waals surface area contributed by atoms with E-state index in [0.29, 0.717) is 17.1 Å². The van der Waals surface area contributed by atoms with Crippen molar-refractivity contribution in [2.75, 3.05) is 5.32 Å². The lowest BCUT2D eigenvalue weighted by molar-refractivity contribution is 0.0997. The van der Waals surface area contributed by atoms with Crippen molar-refractivity contribution < 1.29 is 13.6 Å². The molecule has 0 spiro atoms. The summed E-state index contributed by atoms with van der Waals surface area (Å²) in [6.07, 6.45) is 5.01. The van der Waals surface area contributed by atoms with Gasteiger partial charge in [-0.1, -0.05) is 12.1 Å². The van der Waals surface area contributed by atoms with E-state index in [1.807, 2.05) is 0 Å². The first kappa shape index (κ1) is 15.8. The van der Waals surface area contributed by atoms with E-state index in [1.54, 1.807) is 54.6 Å². The van der Waals surface area contributed by atoms with E-state index in [0.717, 1.165) is 11.1 Å². The number of carbonyl (C=O) groups excluding carboxylic acids is 1. The number of hydrogen-bond acceptors (Lipinski definition) is 4. The van der Waals surface area contributed by atoms with E-state index in [-0.39, 0.29) is 11.6 Å². The molecule has 2 N–H and O–H groups in total. The third-order valence-electron chi connectivity index (χ3n) is 3.85. The summed E-state index contributed by atoms with van der Waals surface area (Å²) in [5.74, 6) is 0.352. The van der Waals surface area contributed by atoms with E-state index in [4.69, 9.17) is 4.42 Å². The first-order chi connectivity index (χ1) is 12.6. The van der Waals surface area contributed by atoms with Crippen molar-refractivity contribution >= 4 is 11.7 Å². The van der Waals surface area contributed by atoms with Gasteiger partial charge in [0.1, 0.15) is 17.4 Å². The number of aromatic amines is 1. The first-order valence-electron chi connectivity index (χ1n) is 7.79. The van der Waals surface area contributed by atoms with Crippen LogP contribution in [0.4, 0.5) is 10.2 Å². The van der Waals surface area contributed by atoms with Gasteiger partial charge in [0.05, 0.1) is 18.0 Å². The molecular weight excluding hydrogens is 337 g/mol. The summed E-state index contributed by atoms with van der Waals surface area (Å²) in [4.78, 5) is 12.5. The van der Waals surface area contributed by atoms with Gasteiger partial charge >= 0.3 is 0 Å². The van der Waals surface area contributed by atoms with Gasteiger partial charge in [0, 0.05) is 18.8 Å². The Labute approximate surface area is 147 Å². The maximum atomic E-state index is 13.1. The van der Waals surface area contributed by atoms with Crippen molar-refractivity contribution in [3.63, 3.8) is 0 Å². The molecule has 1 amide bonds. The highest BCUT2D eigenvalue weighted by Gasteiger charge is 2.16. The Morgan fingerprint density at radius 1 is 1.15 bits per heavy atom. The fourth-order valence-corrected chi connectivity index (χ4v) is 2.57. The molecule has 3 aromatic heterocycles. The summed E-state index contributed by atoms with van der Waals surface area (Å²) in [6, 6.07) is 9.22. The van der Waals surface area contributed by atoms with Gasteiger partial charge in [0.25, 0.3) is 5.91 Å². The summed E-state index contributed by atoms with van der Waals surface area (Å²) >= 11 is 0. The number of nitrogens with one attached hydrogen (secondary N) is 2. The number of rotatable bonds is 4. The normalized spacial score (nSPS) is 10.8. The lowest BCUT2D eigenvalue weighted by atomic mass is 10.1.